The van der Waals surface area contributed by atoms with Gasteiger partial charge in [-0.2, -0.15) is 25.5 Å². The number of carbonyl (C=O) groups is 2. The summed E-state index contributed by atoms with van der Waals surface area (Å²) >= 11 is 13.6. The Morgan fingerprint density at radius 2 is 1.09 bits per heavy atom. The number of anilines is 2. The molecule has 5 aliphatic rings. The van der Waals surface area contributed by atoms with Crippen LogP contribution in [0.2, 0.25) is 0 Å². The number of aliphatic imine (C=N–C) groups is 1. The standard InChI is InChI=1S/C28H34FN5O4.C13H15N3O2.3C8H7BrN2.C8H6BrN/c1-32-24-14-21(5-4-18(24)15-30-32)34-9-6-19(16-34)28(36)31-23(17-33-7-2-3-8-33)26(35)20-12-22(29)27-25(13-20)37-10-11-38-27;1-15-12-6-11(3-2-9(12)7-14-15)16-5-4-10(8-16)13(17)18;1-11-5-6-2-3-7(9)4-8(6)10-11;2*1-11-8-4-7(9)3-2-6(8)5-10-11;9-8-2-1-6-4-10-5-7(6)3-8/h4-5,12-15,19,23,26,35H,2-3,6-11,16-17H2,1H3,(H,31,36);2-3,6-7,10H,4-5,8H2,1H3,(H,17,18);3*2-5H,1H3;1-4H,5H2/t19-,23-,26-;10-;;;;/m11..../s1. The third kappa shape index (κ3) is 17.2. The first-order valence-electron chi connectivity index (χ1n) is 32.6. The van der Waals surface area contributed by atoms with Crippen molar-refractivity contribution in [3.63, 3.8) is 0 Å². The van der Waals surface area contributed by atoms with Crippen molar-refractivity contribution in [3.05, 3.63) is 193 Å². The molecule has 0 radical (unpaired) electrons. The van der Waals surface area contributed by atoms with Crippen LogP contribution in [0, 0.1) is 17.7 Å². The number of aryl methyl sites for hydroxylation is 5. The van der Waals surface area contributed by atoms with Gasteiger partial charge in [-0.3, -0.25) is 38.0 Å². The van der Waals surface area contributed by atoms with Crippen LogP contribution in [0.3, 0.4) is 0 Å². The zero-order valence-electron chi connectivity index (χ0n) is 55.4. The van der Waals surface area contributed by atoms with Crippen LogP contribution in [-0.4, -0.2) is 147 Å². The van der Waals surface area contributed by atoms with Gasteiger partial charge in [-0.1, -0.05) is 88.0 Å². The number of rotatable bonds is 9. The number of amides is 1. The van der Waals surface area contributed by atoms with Crippen molar-refractivity contribution in [2.24, 2.45) is 52.1 Å². The fraction of sp³-hybridized carbons (Fsp3) is 0.315. The number of carboxylic acid groups (broad SMARTS) is 1. The molecule has 3 fully saturated rings. The van der Waals surface area contributed by atoms with Gasteiger partial charge in [-0.05, 0) is 153 Å². The Morgan fingerprint density at radius 3 is 1.66 bits per heavy atom. The molecule has 21 nitrogen and oxygen atoms in total. The molecular formula is C73H76Br4FN15O6. The molecule has 26 heteroatoms. The number of hydrogen-bond acceptors (Lipinski definition) is 14. The number of carboxylic acids is 1. The summed E-state index contributed by atoms with van der Waals surface area (Å²) in [5.41, 5.74) is 10.5. The molecule has 17 rings (SSSR count). The van der Waals surface area contributed by atoms with Crippen molar-refractivity contribution in [3.8, 4) is 11.5 Å². The third-order valence-corrected chi connectivity index (χ3v) is 20.2. The Kier molecular flexibility index (Phi) is 22.6. The van der Waals surface area contributed by atoms with Gasteiger partial charge in [0.15, 0.2) is 17.3 Å². The van der Waals surface area contributed by atoms with Crippen LogP contribution < -0.4 is 24.6 Å². The highest BCUT2D eigenvalue weighted by Gasteiger charge is 2.35. The lowest BCUT2D eigenvalue weighted by molar-refractivity contribution is -0.141. The van der Waals surface area contributed by atoms with E-state index in [1.807, 2.05) is 157 Å². The molecule has 12 aromatic rings. The normalized spacial score (nSPS) is 16.6. The molecule has 0 spiro atoms. The summed E-state index contributed by atoms with van der Waals surface area (Å²) in [5, 5.41) is 50.3. The zero-order chi connectivity index (χ0) is 69.4. The minimum absolute atomic E-state index is 0.0719. The van der Waals surface area contributed by atoms with E-state index in [1.165, 1.54) is 33.4 Å². The van der Waals surface area contributed by atoms with Crippen LogP contribution in [0.1, 0.15) is 48.5 Å². The number of halogens is 5. The number of benzene rings is 7. The summed E-state index contributed by atoms with van der Waals surface area (Å²) < 4.78 is 39.3. The molecule has 7 aromatic carbocycles. The Bertz CT molecular complexity index is 4800. The van der Waals surface area contributed by atoms with E-state index in [0.29, 0.717) is 31.8 Å². The monoisotopic (exact) mass is 1590 g/mol. The number of carbonyl (C=O) groups excluding carboxylic acids is 1. The second-order valence-corrected chi connectivity index (χ2v) is 28.7. The highest BCUT2D eigenvalue weighted by atomic mass is 79.9. The van der Waals surface area contributed by atoms with Crippen molar-refractivity contribution in [1.82, 2.24) is 59.1 Å². The molecule has 3 N–H and O–H groups in total. The van der Waals surface area contributed by atoms with Gasteiger partial charge in [0.2, 0.25) is 5.91 Å². The number of nitrogens with zero attached hydrogens (tertiary/aromatic N) is 14. The number of aliphatic hydroxyl groups is 1. The van der Waals surface area contributed by atoms with E-state index in [-0.39, 0.29) is 35.8 Å². The van der Waals surface area contributed by atoms with E-state index in [2.05, 4.69) is 163 Å². The number of fused-ring (bicyclic) bond motifs is 7. The summed E-state index contributed by atoms with van der Waals surface area (Å²) in [5.74, 6) is -1.44. The summed E-state index contributed by atoms with van der Waals surface area (Å²) in [6.45, 7) is 6.56. The maximum Gasteiger partial charge on any atom is 0.308 e. The molecule has 3 saturated heterocycles. The second kappa shape index (κ2) is 31.8. The average Bonchev–Trinajstić information content (AvgIpc) is 1.77. The number of aliphatic hydroxyl groups excluding tert-OH is 1. The van der Waals surface area contributed by atoms with Crippen LogP contribution in [0.25, 0.3) is 54.5 Å². The molecule has 0 bridgehead atoms. The zero-order valence-corrected chi connectivity index (χ0v) is 61.7. The van der Waals surface area contributed by atoms with Crippen molar-refractivity contribution in [2.75, 3.05) is 68.8 Å². The van der Waals surface area contributed by atoms with Crippen LogP contribution in [0.4, 0.5) is 15.8 Å². The number of aliphatic carboxylic acids is 1. The van der Waals surface area contributed by atoms with Gasteiger partial charge in [-0.25, -0.2) is 4.39 Å². The van der Waals surface area contributed by atoms with Gasteiger partial charge in [-0.15, -0.1) is 0 Å². The Morgan fingerprint density at radius 1 is 0.596 bits per heavy atom. The topological polar surface area (TPSA) is 216 Å². The molecule has 514 valence electrons. The Labute approximate surface area is 605 Å². The minimum atomic E-state index is -1.09. The van der Waals surface area contributed by atoms with Gasteiger partial charge in [0.25, 0.3) is 0 Å². The predicted octanol–water partition coefficient (Wildman–Crippen LogP) is 13.5. The molecule has 99 heavy (non-hydrogen) atoms. The summed E-state index contributed by atoms with van der Waals surface area (Å²) in [6, 6.07) is 39.3. The quantitative estimate of drug-likeness (QED) is 0.123. The van der Waals surface area contributed by atoms with Gasteiger partial charge in [0.05, 0.1) is 76.8 Å². The maximum absolute atomic E-state index is 14.7. The first-order valence-corrected chi connectivity index (χ1v) is 35.8. The number of aromatic nitrogens is 10. The van der Waals surface area contributed by atoms with E-state index < -0.39 is 23.9 Å². The van der Waals surface area contributed by atoms with Gasteiger partial charge < -0.3 is 39.7 Å². The fourth-order valence-electron chi connectivity index (χ4n) is 12.8. The predicted molar refractivity (Wildman–Crippen MR) is 400 cm³/mol. The molecular weight excluding hydrogens is 1520 g/mol. The molecule has 0 unspecified atom stereocenters. The third-order valence-electron chi connectivity index (χ3n) is 18.2. The Hall–Kier alpha value is -8.53. The van der Waals surface area contributed by atoms with Crippen molar-refractivity contribution in [1.29, 1.82) is 0 Å². The molecule has 0 aliphatic carbocycles. The van der Waals surface area contributed by atoms with E-state index in [0.717, 1.165) is 126 Å². The van der Waals surface area contributed by atoms with Crippen LogP contribution >= 0.6 is 63.7 Å². The van der Waals surface area contributed by atoms with Gasteiger partial charge in [0.1, 0.15) is 19.3 Å². The van der Waals surface area contributed by atoms with Gasteiger partial charge in [0, 0.05) is 137 Å². The first kappa shape index (κ1) is 70.3. The summed E-state index contributed by atoms with van der Waals surface area (Å²) in [6.07, 6.45) is 13.9. The molecule has 5 aromatic heterocycles. The highest BCUT2D eigenvalue weighted by molar-refractivity contribution is 9.11. The van der Waals surface area contributed by atoms with E-state index >= 15 is 0 Å². The lowest BCUT2D eigenvalue weighted by Crippen LogP contribution is -2.48. The summed E-state index contributed by atoms with van der Waals surface area (Å²) in [7, 11) is 9.64. The van der Waals surface area contributed by atoms with Crippen LogP contribution in [0.5, 0.6) is 11.5 Å². The van der Waals surface area contributed by atoms with E-state index in [1.54, 1.807) is 6.07 Å². The van der Waals surface area contributed by atoms with Crippen molar-refractivity contribution in [2.45, 2.75) is 44.4 Å². The van der Waals surface area contributed by atoms with Crippen LogP contribution in [-0.2, 0) is 51.4 Å². The van der Waals surface area contributed by atoms with Crippen LogP contribution in [0.15, 0.2) is 175 Å². The number of likely N-dealkylation sites (tertiary alicyclic amines) is 1. The lowest BCUT2D eigenvalue weighted by atomic mass is 9.99. The number of ether oxygens (including phenoxy) is 2. The average molecular weight is 1600 g/mol. The summed E-state index contributed by atoms with van der Waals surface area (Å²) in [4.78, 5) is 35.2. The molecule has 10 heterocycles. The van der Waals surface area contributed by atoms with E-state index in [4.69, 9.17) is 14.6 Å². The van der Waals surface area contributed by atoms with E-state index in [9.17, 15) is 19.1 Å². The highest BCUT2D eigenvalue weighted by Crippen LogP contribution is 2.37. The number of nitrogens with one attached hydrogen (secondary N) is 1. The Balaban J connectivity index is 0.000000126. The second-order valence-electron chi connectivity index (χ2n) is 25.1. The molecule has 1 amide bonds. The van der Waals surface area contributed by atoms with Gasteiger partial charge >= 0.3 is 5.97 Å². The minimum Gasteiger partial charge on any atom is -0.486 e. The molecule has 4 atom stereocenters. The largest absolute Gasteiger partial charge is 0.486 e. The van der Waals surface area contributed by atoms with Crippen molar-refractivity contribution < 1.29 is 33.7 Å². The molecule has 0 saturated carbocycles. The SMILES string of the molecule is Brc1ccc2c(c1)CN=C2.Cn1cc2ccc(Br)cc2n1.Cn1ncc2ccc(Br)cc21.Cn1ncc2ccc(Br)cc21.Cn1ncc2ccc(N3CC[C@@H](C(=O)N[C@H](CN4CCCC4)[C@H](O)c4cc(F)c5c(c4)OCCO5)C3)cc21.Cn1ncc2ccc(N3CC[C@@H](C(=O)O)C3)cc21. The maximum atomic E-state index is 14.7. The molecule has 5 aliphatic heterocycles. The number of hydrogen-bond donors (Lipinski definition) is 3. The smallest absolute Gasteiger partial charge is 0.308 e. The first-order chi connectivity index (χ1) is 47.8. The fourth-order valence-corrected chi connectivity index (χ4v) is 14.2. The van der Waals surface area contributed by atoms with Crippen molar-refractivity contribution >= 4 is 148 Å². The lowest BCUT2D eigenvalue weighted by Gasteiger charge is -2.30.